The van der Waals surface area contributed by atoms with Crippen LogP contribution in [0.15, 0.2) is 18.2 Å². The Bertz CT molecular complexity index is 290. The first-order chi connectivity index (χ1) is 5.11. The van der Waals surface area contributed by atoms with E-state index in [1.807, 2.05) is 13.0 Å². The summed E-state index contributed by atoms with van der Waals surface area (Å²) in [6, 6.07) is 5.30. The fourth-order valence-corrected chi connectivity index (χ4v) is 1.05. The van der Waals surface area contributed by atoms with Gasteiger partial charge in [-0.1, -0.05) is 32.5 Å². The van der Waals surface area contributed by atoms with Crippen molar-refractivity contribution in [2.75, 3.05) is 0 Å². The standard InChI is InChI=1S/C9H10O2.2CH4/c1-6-3-4-8(9(10)11)7(2)5-6;;/h3-5H,1-2H3,(H,10,11);2*1H4. The number of rotatable bonds is 1. The van der Waals surface area contributed by atoms with Crippen LogP contribution in [0.2, 0.25) is 0 Å². The highest BCUT2D eigenvalue weighted by Crippen LogP contribution is 2.09. The van der Waals surface area contributed by atoms with Crippen molar-refractivity contribution in [3.63, 3.8) is 0 Å². The number of carboxylic acid groups (broad SMARTS) is 1. The van der Waals surface area contributed by atoms with Gasteiger partial charge in [-0.25, -0.2) is 4.79 Å². The Kier molecular flexibility index (Phi) is 5.86. The quantitative estimate of drug-likeness (QED) is 0.723. The molecule has 1 N–H and O–H groups in total. The number of carbonyl (C=O) groups is 1. The molecule has 0 saturated carbocycles. The molecule has 1 aromatic carbocycles. The van der Waals surface area contributed by atoms with Crippen LogP contribution in [0.1, 0.15) is 36.3 Å². The Morgan fingerprint density at radius 2 is 1.77 bits per heavy atom. The molecule has 0 unspecified atom stereocenters. The molecule has 0 heterocycles. The summed E-state index contributed by atoms with van der Waals surface area (Å²) in [5.41, 5.74) is 2.29. The Morgan fingerprint density at radius 1 is 1.23 bits per heavy atom. The summed E-state index contributed by atoms with van der Waals surface area (Å²) >= 11 is 0. The lowest BCUT2D eigenvalue weighted by molar-refractivity contribution is 0.0696. The lowest BCUT2D eigenvalue weighted by Crippen LogP contribution is -1.99. The fraction of sp³-hybridized carbons (Fsp3) is 0.364. The summed E-state index contributed by atoms with van der Waals surface area (Å²) in [6.45, 7) is 3.75. The maximum atomic E-state index is 10.5. The van der Waals surface area contributed by atoms with Crippen LogP contribution in [-0.4, -0.2) is 11.1 Å². The van der Waals surface area contributed by atoms with Gasteiger partial charge in [0.2, 0.25) is 0 Å². The van der Waals surface area contributed by atoms with Crippen molar-refractivity contribution in [1.82, 2.24) is 0 Å². The zero-order valence-electron chi connectivity index (χ0n) is 6.59. The van der Waals surface area contributed by atoms with Gasteiger partial charge >= 0.3 is 5.97 Å². The second-order valence-corrected chi connectivity index (χ2v) is 2.62. The molecule has 2 heteroatoms. The van der Waals surface area contributed by atoms with Crippen molar-refractivity contribution < 1.29 is 9.90 Å². The SMILES string of the molecule is C.C.Cc1ccc(C(=O)O)c(C)c1. The van der Waals surface area contributed by atoms with Gasteiger partial charge in [0.15, 0.2) is 0 Å². The molecule has 0 aliphatic heterocycles. The second kappa shape index (κ2) is 5.36. The average molecular weight is 182 g/mol. The third-order valence-electron chi connectivity index (χ3n) is 1.61. The van der Waals surface area contributed by atoms with Gasteiger partial charge in [-0.3, -0.25) is 0 Å². The molecule has 2 nitrogen and oxygen atoms in total. The van der Waals surface area contributed by atoms with Crippen molar-refractivity contribution in [2.45, 2.75) is 28.7 Å². The number of aryl methyl sites for hydroxylation is 2. The fourth-order valence-electron chi connectivity index (χ4n) is 1.05. The molecular formula is C11H18O2. The van der Waals surface area contributed by atoms with Crippen molar-refractivity contribution in [3.05, 3.63) is 34.9 Å². The normalized spacial score (nSPS) is 8.15. The minimum absolute atomic E-state index is 0. The topological polar surface area (TPSA) is 37.3 Å². The molecular weight excluding hydrogens is 164 g/mol. The van der Waals surface area contributed by atoms with E-state index in [-0.39, 0.29) is 14.9 Å². The molecule has 0 saturated heterocycles. The van der Waals surface area contributed by atoms with E-state index in [1.54, 1.807) is 19.1 Å². The molecule has 0 spiro atoms. The highest BCUT2D eigenvalue weighted by atomic mass is 16.4. The van der Waals surface area contributed by atoms with E-state index in [2.05, 4.69) is 0 Å². The second-order valence-electron chi connectivity index (χ2n) is 2.62. The molecule has 0 amide bonds. The van der Waals surface area contributed by atoms with Crippen molar-refractivity contribution in [1.29, 1.82) is 0 Å². The number of aromatic carboxylic acids is 1. The Labute approximate surface area is 80.2 Å². The molecule has 0 fully saturated rings. The van der Waals surface area contributed by atoms with Crippen molar-refractivity contribution in [2.24, 2.45) is 0 Å². The first kappa shape index (κ1) is 14.2. The summed E-state index contributed by atoms with van der Waals surface area (Å²) in [5.74, 6) is -0.859. The van der Waals surface area contributed by atoms with Crippen molar-refractivity contribution in [3.8, 4) is 0 Å². The van der Waals surface area contributed by atoms with Crippen LogP contribution in [0.3, 0.4) is 0 Å². The third kappa shape index (κ3) is 3.28. The summed E-state index contributed by atoms with van der Waals surface area (Å²) in [6.07, 6.45) is 0. The highest BCUT2D eigenvalue weighted by Gasteiger charge is 2.04. The third-order valence-corrected chi connectivity index (χ3v) is 1.61. The molecule has 0 radical (unpaired) electrons. The zero-order chi connectivity index (χ0) is 8.43. The maximum absolute atomic E-state index is 10.5. The molecule has 1 rings (SSSR count). The smallest absolute Gasteiger partial charge is 0.335 e. The largest absolute Gasteiger partial charge is 0.478 e. The van der Waals surface area contributed by atoms with E-state index in [0.29, 0.717) is 5.56 Å². The maximum Gasteiger partial charge on any atom is 0.335 e. The Hall–Kier alpha value is -1.31. The number of carboxylic acids is 1. The summed E-state index contributed by atoms with van der Waals surface area (Å²) in [7, 11) is 0. The van der Waals surface area contributed by atoms with Crippen LogP contribution in [0, 0.1) is 13.8 Å². The number of benzene rings is 1. The van der Waals surface area contributed by atoms with E-state index >= 15 is 0 Å². The number of hydrogen-bond donors (Lipinski definition) is 1. The summed E-state index contributed by atoms with van der Waals surface area (Å²) < 4.78 is 0. The van der Waals surface area contributed by atoms with Gasteiger partial charge in [0, 0.05) is 0 Å². The van der Waals surface area contributed by atoms with E-state index < -0.39 is 5.97 Å². The summed E-state index contributed by atoms with van der Waals surface area (Å²) in [5, 5.41) is 8.66. The molecule has 0 atom stereocenters. The predicted molar refractivity (Wildman–Crippen MR) is 56.3 cm³/mol. The molecule has 1 aromatic rings. The Balaban J connectivity index is 0. The van der Waals surface area contributed by atoms with Crippen molar-refractivity contribution >= 4 is 5.97 Å². The minimum atomic E-state index is -0.859. The first-order valence-corrected chi connectivity index (χ1v) is 3.42. The van der Waals surface area contributed by atoms with E-state index in [1.165, 1.54) is 0 Å². The lowest BCUT2D eigenvalue weighted by Gasteiger charge is -2.00. The van der Waals surface area contributed by atoms with E-state index in [0.717, 1.165) is 11.1 Å². The van der Waals surface area contributed by atoms with Gasteiger partial charge in [-0.2, -0.15) is 0 Å². The number of hydrogen-bond acceptors (Lipinski definition) is 1. The molecule has 13 heavy (non-hydrogen) atoms. The average Bonchev–Trinajstić information content (AvgIpc) is 1.85. The first-order valence-electron chi connectivity index (χ1n) is 3.42. The van der Waals surface area contributed by atoms with Gasteiger partial charge in [0.05, 0.1) is 5.56 Å². The summed E-state index contributed by atoms with van der Waals surface area (Å²) in [4.78, 5) is 10.5. The molecule has 0 aliphatic rings. The minimum Gasteiger partial charge on any atom is -0.478 e. The molecule has 0 aromatic heterocycles. The predicted octanol–water partition coefficient (Wildman–Crippen LogP) is 3.27. The zero-order valence-corrected chi connectivity index (χ0v) is 6.59. The van der Waals surface area contributed by atoms with Crippen LogP contribution in [0.25, 0.3) is 0 Å². The highest BCUT2D eigenvalue weighted by molar-refractivity contribution is 5.89. The van der Waals surface area contributed by atoms with E-state index in [4.69, 9.17) is 5.11 Å². The monoisotopic (exact) mass is 182 g/mol. The van der Waals surface area contributed by atoms with Crippen LogP contribution in [-0.2, 0) is 0 Å². The van der Waals surface area contributed by atoms with Crippen LogP contribution in [0.4, 0.5) is 0 Å². The molecule has 0 aliphatic carbocycles. The van der Waals surface area contributed by atoms with Gasteiger partial charge in [0.25, 0.3) is 0 Å². The molecule has 74 valence electrons. The molecule has 0 bridgehead atoms. The lowest BCUT2D eigenvalue weighted by atomic mass is 10.1. The van der Waals surface area contributed by atoms with Gasteiger partial charge in [0.1, 0.15) is 0 Å². The van der Waals surface area contributed by atoms with Crippen LogP contribution in [0.5, 0.6) is 0 Å². The van der Waals surface area contributed by atoms with Gasteiger partial charge < -0.3 is 5.11 Å². The Morgan fingerprint density at radius 3 is 2.15 bits per heavy atom. The van der Waals surface area contributed by atoms with E-state index in [9.17, 15) is 4.79 Å². The van der Waals surface area contributed by atoms with Crippen LogP contribution >= 0.6 is 0 Å². The van der Waals surface area contributed by atoms with Crippen LogP contribution < -0.4 is 0 Å². The van der Waals surface area contributed by atoms with Gasteiger partial charge in [-0.15, -0.1) is 0 Å². The van der Waals surface area contributed by atoms with Gasteiger partial charge in [-0.05, 0) is 25.5 Å².